The molecule has 2 N–H and O–H groups in total. The number of H-pyrrole nitrogens is 1. The fourth-order valence-electron chi connectivity index (χ4n) is 4.45. The Morgan fingerprint density at radius 1 is 1.00 bits per heavy atom. The highest BCUT2D eigenvalue weighted by molar-refractivity contribution is 7.89. The first kappa shape index (κ1) is 23.8. The zero-order valence-corrected chi connectivity index (χ0v) is 21.8. The highest BCUT2D eigenvalue weighted by Crippen LogP contribution is 2.31. The molecule has 186 valence electrons. The lowest BCUT2D eigenvalue weighted by Crippen LogP contribution is -2.23. The molecule has 0 unspecified atom stereocenters. The van der Waals surface area contributed by atoms with Gasteiger partial charge in [-0.25, -0.2) is 13.1 Å². The molecule has 0 saturated carbocycles. The monoisotopic (exact) mass is 548 g/mol. The van der Waals surface area contributed by atoms with E-state index in [0.29, 0.717) is 23.8 Å². The molecule has 0 bridgehead atoms. The van der Waals surface area contributed by atoms with Crippen LogP contribution in [0.15, 0.2) is 83.2 Å². The van der Waals surface area contributed by atoms with Crippen molar-refractivity contribution in [2.75, 3.05) is 0 Å². The summed E-state index contributed by atoms with van der Waals surface area (Å²) >= 11 is 7.97. The summed E-state index contributed by atoms with van der Waals surface area (Å²) in [6, 6.07) is 20.3. The predicted molar refractivity (Wildman–Crippen MR) is 145 cm³/mol. The van der Waals surface area contributed by atoms with Gasteiger partial charge in [0.15, 0.2) is 5.82 Å². The van der Waals surface area contributed by atoms with Crippen LogP contribution in [0.4, 0.5) is 0 Å². The molecule has 0 aliphatic heterocycles. The summed E-state index contributed by atoms with van der Waals surface area (Å²) in [7, 11) is -3.61. The van der Waals surface area contributed by atoms with Crippen molar-refractivity contribution in [1.29, 1.82) is 0 Å². The second-order valence-electron chi connectivity index (χ2n) is 8.68. The first-order valence-electron chi connectivity index (χ1n) is 11.5. The average Bonchev–Trinajstić information content (AvgIpc) is 3.64. The zero-order valence-electron chi connectivity index (χ0n) is 19.4. The molecule has 8 nitrogen and oxygen atoms in total. The molecule has 3 aromatic heterocycles. The number of aromatic nitrogens is 5. The summed E-state index contributed by atoms with van der Waals surface area (Å²) in [6.07, 6.45) is 2.60. The summed E-state index contributed by atoms with van der Waals surface area (Å²) in [6.45, 7) is 0.844. The minimum absolute atomic E-state index is 0.174. The molecule has 6 rings (SSSR count). The Hall–Kier alpha value is -3.57. The number of fused-ring (bicyclic) bond motifs is 2. The van der Waals surface area contributed by atoms with E-state index in [1.54, 1.807) is 41.7 Å². The van der Waals surface area contributed by atoms with Crippen LogP contribution in [0.5, 0.6) is 0 Å². The molecule has 6 aromatic rings. The van der Waals surface area contributed by atoms with Crippen LogP contribution in [-0.2, 0) is 29.5 Å². The van der Waals surface area contributed by atoms with Crippen LogP contribution >= 0.6 is 22.9 Å². The lowest BCUT2D eigenvalue weighted by atomic mass is 10.1. The molecule has 0 aliphatic rings. The molecule has 37 heavy (non-hydrogen) atoms. The number of benzene rings is 3. The Kier molecular flexibility index (Phi) is 6.25. The Morgan fingerprint density at radius 2 is 1.86 bits per heavy atom. The lowest BCUT2D eigenvalue weighted by molar-refractivity contribution is 0.581. The number of sulfonamides is 1. The Bertz CT molecular complexity index is 1810. The van der Waals surface area contributed by atoms with Gasteiger partial charge < -0.3 is 4.57 Å². The molecule has 11 heteroatoms. The van der Waals surface area contributed by atoms with E-state index in [1.165, 1.54) is 10.3 Å². The largest absolute Gasteiger partial charge is 0.343 e. The summed E-state index contributed by atoms with van der Waals surface area (Å²) in [5.74, 6) is 0.585. The van der Waals surface area contributed by atoms with Crippen LogP contribution in [0.25, 0.3) is 21.0 Å². The van der Waals surface area contributed by atoms with E-state index in [-0.39, 0.29) is 11.4 Å². The maximum absolute atomic E-state index is 12.7. The molecular formula is C26H21ClN6O2S2. The normalized spacial score (nSPS) is 12.0. The van der Waals surface area contributed by atoms with Gasteiger partial charge in [-0.15, -0.1) is 21.5 Å². The molecule has 0 spiro atoms. The lowest BCUT2D eigenvalue weighted by Gasteiger charge is -2.09. The standard InChI is InChI=1S/C26H21ClN6O2S2/c27-20-7-9-25-23(12-20)19(16-36-25)15-33-14-18(11-26-29-31-32-30-26)22-10-17(6-8-24(22)33)13-28-37(34,35)21-4-2-1-3-5-21/h1-10,12,14,16,28H,11,13,15H2,(H,29,30,31,32). The van der Waals surface area contributed by atoms with Gasteiger partial charge in [-0.3, -0.25) is 0 Å². The van der Waals surface area contributed by atoms with E-state index in [2.05, 4.69) is 41.5 Å². The van der Waals surface area contributed by atoms with E-state index in [9.17, 15) is 8.42 Å². The van der Waals surface area contributed by atoms with Gasteiger partial charge in [-0.1, -0.05) is 41.1 Å². The Balaban J connectivity index is 1.35. The number of tetrazole rings is 1. The van der Waals surface area contributed by atoms with Gasteiger partial charge in [0.2, 0.25) is 10.0 Å². The SMILES string of the molecule is O=S(=O)(NCc1ccc2c(c1)c(Cc1nn[nH]n1)cn2Cc1csc2ccc(Cl)cc12)c1ccccc1. The van der Waals surface area contributed by atoms with Crippen molar-refractivity contribution in [3.05, 3.63) is 106 Å². The van der Waals surface area contributed by atoms with Gasteiger partial charge in [0.05, 0.1) is 4.90 Å². The van der Waals surface area contributed by atoms with Gasteiger partial charge in [0, 0.05) is 46.3 Å². The van der Waals surface area contributed by atoms with Gasteiger partial charge in [-0.2, -0.15) is 5.21 Å². The molecule has 0 saturated heterocycles. The highest BCUT2D eigenvalue weighted by Gasteiger charge is 2.16. The van der Waals surface area contributed by atoms with E-state index in [4.69, 9.17) is 11.6 Å². The molecule has 0 aliphatic carbocycles. The molecule has 0 atom stereocenters. The van der Waals surface area contributed by atoms with Crippen LogP contribution in [0.2, 0.25) is 5.02 Å². The molecule has 0 amide bonds. The van der Waals surface area contributed by atoms with Crippen LogP contribution < -0.4 is 4.72 Å². The minimum Gasteiger partial charge on any atom is -0.343 e. The fourth-order valence-corrected chi connectivity index (χ4v) is 6.59. The molecule has 3 aromatic carbocycles. The van der Waals surface area contributed by atoms with E-state index >= 15 is 0 Å². The number of rotatable bonds is 8. The first-order chi connectivity index (χ1) is 18.0. The summed E-state index contributed by atoms with van der Waals surface area (Å²) in [4.78, 5) is 0.239. The topological polar surface area (TPSA) is 106 Å². The first-order valence-corrected chi connectivity index (χ1v) is 14.2. The van der Waals surface area contributed by atoms with E-state index in [1.807, 2.05) is 36.4 Å². The van der Waals surface area contributed by atoms with Gasteiger partial charge >= 0.3 is 0 Å². The third kappa shape index (κ3) is 4.88. The van der Waals surface area contributed by atoms with Gasteiger partial charge in [0.1, 0.15) is 0 Å². The van der Waals surface area contributed by atoms with Crippen LogP contribution in [0.3, 0.4) is 0 Å². The molecule has 0 fully saturated rings. The number of hydrogen-bond donors (Lipinski definition) is 2. The van der Waals surface area contributed by atoms with Crippen LogP contribution in [0.1, 0.15) is 22.5 Å². The van der Waals surface area contributed by atoms with Crippen LogP contribution in [0, 0.1) is 0 Å². The van der Waals surface area contributed by atoms with Crippen molar-refractivity contribution in [1.82, 2.24) is 29.9 Å². The highest BCUT2D eigenvalue weighted by atomic mass is 35.5. The second kappa shape index (κ2) is 9.71. The summed E-state index contributed by atoms with van der Waals surface area (Å²) in [5.41, 5.74) is 4.10. The van der Waals surface area contributed by atoms with Crippen molar-refractivity contribution in [2.45, 2.75) is 24.4 Å². The van der Waals surface area contributed by atoms with Gasteiger partial charge in [-0.05, 0) is 69.9 Å². The summed E-state index contributed by atoms with van der Waals surface area (Å²) in [5, 5.41) is 19.5. The molecule has 0 radical (unpaired) electrons. The van der Waals surface area contributed by atoms with Crippen molar-refractivity contribution >= 4 is 54.0 Å². The number of nitrogens with zero attached hydrogens (tertiary/aromatic N) is 4. The minimum atomic E-state index is -3.61. The average molecular weight is 549 g/mol. The predicted octanol–water partition coefficient (Wildman–Crippen LogP) is 5.14. The molecular weight excluding hydrogens is 528 g/mol. The van der Waals surface area contributed by atoms with Crippen LogP contribution in [-0.4, -0.2) is 33.6 Å². The Morgan fingerprint density at radius 3 is 2.68 bits per heavy atom. The van der Waals surface area contributed by atoms with E-state index in [0.717, 1.165) is 27.4 Å². The Labute approximate surface area is 222 Å². The summed E-state index contributed by atoms with van der Waals surface area (Å²) < 4.78 is 31.5. The quantitative estimate of drug-likeness (QED) is 0.274. The second-order valence-corrected chi connectivity index (χ2v) is 11.8. The molecule has 3 heterocycles. The number of nitrogens with one attached hydrogen (secondary N) is 2. The maximum atomic E-state index is 12.7. The van der Waals surface area contributed by atoms with Crippen molar-refractivity contribution in [2.24, 2.45) is 0 Å². The number of aromatic amines is 1. The van der Waals surface area contributed by atoms with E-state index < -0.39 is 10.0 Å². The fraction of sp³-hybridized carbons (Fsp3) is 0.115. The van der Waals surface area contributed by atoms with Crippen molar-refractivity contribution in [3.63, 3.8) is 0 Å². The third-order valence-electron chi connectivity index (χ3n) is 6.24. The number of thiophene rings is 1. The zero-order chi connectivity index (χ0) is 25.4. The van der Waals surface area contributed by atoms with Crippen molar-refractivity contribution in [3.8, 4) is 0 Å². The third-order valence-corrected chi connectivity index (χ3v) is 8.91. The maximum Gasteiger partial charge on any atom is 0.240 e. The smallest absolute Gasteiger partial charge is 0.240 e. The number of hydrogen-bond acceptors (Lipinski definition) is 6. The van der Waals surface area contributed by atoms with Crippen molar-refractivity contribution < 1.29 is 8.42 Å². The number of halogens is 1. The van der Waals surface area contributed by atoms with Gasteiger partial charge in [0.25, 0.3) is 0 Å².